The normalized spacial score (nSPS) is 25.8. The maximum absolute atomic E-state index is 12.7. The van der Waals surface area contributed by atoms with Gasteiger partial charge in [-0.05, 0) is 33.1 Å². The number of ether oxygens (including phenoxy) is 3. The van der Waals surface area contributed by atoms with E-state index >= 15 is 0 Å². The van der Waals surface area contributed by atoms with Crippen LogP contribution < -0.4 is 0 Å². The highest BCUT2D eigenvalue weighted by Crippen LogP contribution is 2.35. The molecule has 0 aromatic carbocycles. The van der Waals surface area contributed by atoms with Crippen LogP contribution in [0.25, 0.3) is 0 Å². The molecule has 146 valence electrons. The standard InChI is InChI=1S/C17H26N2O7/c1-4-25-15(22)17(14(21)24-3)9-8-12(18-10-6-7-13(18)20)11-19(17)16(23)26-5-2/h12H,4-11H2,1-3H3/t12-,17?/m0/s1. The molecule has 0 aromatic heterocycles. The Kier molecular flexibility index (Phi) is 6.44. The number of hydrogen-bond donors (Lipinski definition) is 0. The Bertz CT molecular complexity index is 579. The number of nitrogens with zero attached hydrogens (tertiary/aromatic N) is 2. The van der Waals surface area contributed by atoms with Crippen molar-refractivity contribution in [1.29, 1.82) is 0 Å². The molecule has 0 saturated carbocycles. The van der Waals surface area contributed by atoms with Crippen molar-refractivity contribution < 1.29 is 33.4 Å². The maximum atomic E-state index is 12.7. The summed E-state index contributed by atoms with van der Waals surface area (Å²) in [7, 11) is 1.16. The van der Waals surface area contributed by atoms with Gasteiger partial charge in [-0.25, -0.2) is 14.4 Å². The molecule has 0 spiro atoms. The van der Waals surface area contributed by atoms with Crippen LogP contribution >= 0.6 is 0 Å². The van der Waals surface area contributed by atoms with Gasteiger partial charge in [0, 0.05) is 25.6 Å². The van der Waals surface area contributed by atoms with Crippen LogP contribution in [-0.2, 0) is 28.6 Å². The van der Waals surface area contributed by atoms with E-state index in [0.29, 0.717) is 19.4 Å². The molecule has 1 unspecified atom stereocenters. The minimum atomic E-state index is -1.89. The lowest BCUT2D eigenvalue weighted by Crippen LogP contribution is -2.68. The van der Waals surface area contributed by atoms with E-state index < -0.39 is 23.6 Å². The Hall–Kier alpha value is -2.32. The number of carbonyl (C=O) groups is 4. The first-order chi connectivity index (χ1) is 12.4. The maximum Gasteiger partial charge on any atom is 0.411 e. The number of rotatable bonds is 5. The smallest absolute Gasteiger partial charge is 0.411 e. The van der Waals surface area contributed by atoms with Crippen LogP contribution in [-0.4, -0.2) is 78.7 Å². The Morgan fingerprint density at radius 3 is 2.38 bits per heavy atom. The molecule has 2 saturated heterocycles. The van der Waals surface area contributed by atoms with Crippen LogP contribution in [0.5, 0.6) is 0 Å². The van der Waals surface area contributed by atoms with Crippen molar-refractivity contribution >= 4 is 23.9 Å². The molecule has 2 rings (SSSR count). The fourth-order valence-electron chi connectivity index (χ4n) is 3.64. The third-order valence-electron chi connectivity index (χ3n) is 4.87. The van der Waals surface area contributed by atoms with Crippen molar-refractivity contribution in [2.75, 3.05) is 33.4 Å². The van der Waals surface area contributed by atoms with Crippen molar-refractivity contribution in [3.8, 4) is 0 Å². The monoisotopic (exact) mass is 370 g/mol. The van der Waals surface area contributed by atoms with Gasteiger partial charge in [-0.2, -0.15) is 0 Å². The van der Waals surface area contributed by atoms with Crippen LogP contribution in [0.1, 0.15) is 39.5 Å². The van der Waals surface area contributed by atoms with E-state index in [0.717, 1.165) is 18.4 Å². The Labute approximate surface area is 152 Å². The SMILES string of the molecule is CCOC(=O)N1C[C@@H](N2CCCC2=O)CCC1(C(=O)OC)C(=O)OCC. The van der Waals surface area contributed by atoms with E-state index in [9.17, 15) is 19.2 Å². The van der Waals surface area contributed by atoms with Crippen LogP contribution in [0.2, 0.25) is 0 Å². The highest BCUT2D eigenvalue weighted by Gasteiger charge is 2.59. The lowest BCUT2D eigenvalue weighted by atomic mass is 9.84. The summed E-state index contributed by atoms with van der Waals surface area (Å²) in [6.07, 6.45) is 0.814. The Balaban J connectivity index is 2.38. The zero-order valence-corrected chi connectivity index (χ0v) is 15.5. The average Bonchev–Trinajstić information content (AvgIpc) is 3.06. The minimum absolute atomic E-state index is 0.00572. The van der Waals surface area contributed by atoms with Crippen molar-refractivity contribution in [1.82, 2.24) is 9.80 Å². The van der Waals surface area contributed by atoms with Gasteiger partial charge in [0.15, 0.2) is 0 Å². The second-order valence-corrected chi connectivity index (χ2v) is 6.27. The second kappa shape index (κ2) is 8.37. The van der Waals surface area contributed by atoms with Crippen molar-refractivity contribution in [2.24, 2.45) is 0 Å². The summed E-state index contributed by atoms with van der Waals surface area (Å²) < 4.78 is 15.0. The number of methoxy groups -OCH3 is 1. The molecule has 2 heterocycles. The van der Waals surface area contributed by atoms with Crippen LogP contribution in [0.3, 0.4) is 0 Å². The molecule has 0 aromatic rings. The van der Waals surface area contributed by atoms with E-state index in [4.69, 9.17) is 14.2 Å². The molecule has 2 amide bonds. The highest BCUT2D eigenvalue weighted by molar-refractivity contribution is 6.07. The van der Waals surface area contributed by atoms with Gasteiger partial charge < -0.3 is 19.1 Å². The fraction of sp³-hybridized carbons (Fsp3) is 0.765. The van der Waals surface area contributed by atoms with Gasteiger partial charge in [0.05, 0.1) is 20.3 Å². The van der Waals surface area contributed by atoms with Crippen molar-refractivity contribution in [3.05, 3.63) is 0 Å². The summed E-state index contributed by atoms with van der Waals surface area (Å²) >= 11 is 0. The Morgan fingerprint density at radius 1 is 1.15 bits per heavy atom. The first-order valence-electron chi connectivity index (χ1n) is 8.91. The van der Waals surface area contributed by atoms with Crippen LogP contribution in [0.15, 0.2) is 0 Å². The summed E-state index contributed by atoms with van der Waals surface area (Å²) in [4.78, 5) is 52.7. The first-order valence-corrected chi connectivity index (χ1v) is 8.91. The molecule has 2 atom stereocenters. The molecule has 26 heavy (non-hydrogen) atoms. The number of hydrogen-bond acceptors (Lipinski definition) is 7. The van der Waals surface area contributed by atoms with Gasteiger partial charge in [-0.1, -0.05) is 0 Å². The van der Waals surface area contributed by atoms with E-state index in [-0.39, 0.29) is 38.1 Å². The van der Waals surface area contributed by atoms with Crippen LogP contribution in [0, 0.1) is 0 Å². The largest absolute Gasteiger partial charge is 0.467 e. The molecule has 9 nitrogen and oxygen atoms in total. The summed E-state index contributed by atoms with van der Waals surface area (Å²) in [5, 5.41) is 0. The lowest BCUT2D eigenvalue weighted by molar-refractivity contribution is -0.176. The zero-order chi connectivity index (χ0) is 19.3. The third-order valence-corrected chi connectivity index (χ3v) is 4.87. The summed E-state index contributed by atoms with van der Waals surface area (Å²) in [6.45, 7) is 4.01. The van der Waals surface area contributed by atoms with Crippen LogP contribution in [0.4, 0.5) is 4.79 Å². The quantitative estimate of drug-likeness (QED) is 0.399. The molecule has 0 aliphatic carbocycles. The van der Waals surface area contributed by atoms with Gasteiger partial charge in [0.25, 0.3) is 0 Å². The molecule has 0 bridgehead atoms. The zero-order valence-electron chi connectivity index (χ0n) is 15.5. The molecule has 9 heteroatoms. The number of piperidine rings is 1. The Morgan fingerprint density at radius 2 is 1.85 bits per heavy atom. The molecule has 2 fully saturated rings. The van der Waals surface area contributed by atoms with E-state index in [1.165, 1.54) is 0 Å². The van der Waals surface area contributed by atoms with E-state index in [1.807, 2.05) is 0 Å². The van der Waals surface area contributed by atoms with Gasteiger partial charge >= 0.3 is 18.0 Å². The first kappa shape index (κ1) is 20.0. The summed E-state index contributed by atoms with van der Waals surface area (Å²) in [6, 6.07) is -0.276. The number of likely N-dealkylation sites (tertiary alicyclic amines) is 2. The molecule has 2 aliphatic heterocycles. The predicted octanol–water partition coefficient (Wildman–Crippen LogP) is 0.705. The fourth-order valence-corrected chi connectivity index (χ4v) is 3.64. The number of carbonyl (C=O) groups excluding carboxylic acids is 4. The molecule has 2 aliphatic rings. The highest BCUT2D eigenvalue weighted by atomic mass is 16.6. The minimum Gasteiger partial charge on any atom is -0.467 e. The topological polar surface area (TPSA) is 102 Å². The van der Waals surface area contributed by atoms with Crippen molar-refractivity contribution in [3.63, 3.8) is 0 Å². The molecule has 0 N–H and O–H groups in total. The van der Waals surface area contributed by atoms with Gasteiger partial charge in [-0.3, -0.25) is 9.69 Å². The number of amides is 2. The second-order valence-electron chi connectivity index (χ2n) is 6.27. The van der Waals surface area contributed by atoms with Crippen molar-refractivity contribution in [2.45, 2.75) is 51.1 Å². The number of esters is 2. The third kappa shape index (κ3) is 3.47. The predicted molar refractivity (Wildman–Crippen MR) is 89.1 cm³/mol. The van der Waals surface area contributed by atoms with E-state index in [2.05, 4.69) is 0 Å². The summed E-state index contributed by atoms with van der Waals surface area (Å²) in [5.41, 5.74) is -1.89. The molecular formula is C17H26N2O7. The average molecular weight is 370 g/mol. The molecule has 0 radical (unpaired) electrons. The van der Waals surface area contributed by atoms with E-state index in [1.54, 1.807) is 18.7 Å². The van der Waals surface area contributed by atoms with Gasteiger partial charge in [0.1, 0.15) is 0 Å². The lowest BCUT2D eigenvalue weighted by Gasteiger charge is -2.46. The summed E-state index contributed by atoms with van der Waals surface area (Å²) in [5.74, 6) is -1.69. The van der Waals surface area contributed by atoms with Gasteiger partial charge in [0.2, 0.25) is 11.4 Å². The van der Waals surface area contributed by atoms with Gasteiger partial charge in [-0.15, -0.1) is 0 Å². The molecular weight excluding hydrogens is 344 g/mol.